The third-order valence-electron chi connectivity index (χ3n) is 6.56. The van der Waals surface area contributed by atoms with Crippen molar-refractivity contribution in [1.82, 2.24) is 5.32 Å². The second-order valence-electron chi connectivity index (χ2n) is 9.72. The molecule has 2 N–H and O–H groups in total. The number of aryl methyl sites for hydroxylation is 1. The van der Waals surface area contributed by atoms with Crippen LogP contribution < -0.4 is 14.8 Å². The monoisotopic (exact) mass is 537 g/mol. The highest BCUT2D eigenvalue weighted by atomic mass is 16.5. The van der Waals surface area contributed by atoms with Crippen LogP contribution in [0.15, 0.2) is 103 Å². The maximum Gasteiger partial charge on any atom is 0.326 e. The summed E-state index contributed by atoms with van der Waals surface area (Å²) in [6.07, 6.45) is 3.55. The summed E-state index contributed by atoms with van der Waals surface area (Å²) in [5.41, 5.74) is 4.52. The Kier molecular flexibility index (Phi) is 10.3. The van der Waals surface area contributed by atoms with E-state index in [1.807, 2.05) is 42.5 Å². The van der Waals surface area contributed by atoms with Crippen LogP contribution in [0.2, 0.25) is 0 Å². The van der Waals surface area contributed by atoms with Crippen LogP contribution in [0, 0.1) is 0 Å². The molecule has 1 atom stereocenters. The lowest BCUT2D eigenvalue weighted by Crippen LogP contribution is -2.42. The number of carbonyl (C=O) groups is 2. The highest BCUT2D eigenvalue weighted by Crippen LogP contribution is 2.18. The molecule has 0 spiro atoms. The second kappa shape index (κ2) is 14.5. The van der Waals surface area contributed by atoms with Crippen LogP contribution in [0.3, 0.4) is 0 Å². The standard InChI is InChI=1S/C34H35NO5/c1-2-3-8-25-13-15-28(16-14-25)24-40-31-12-7-11-29(22-31)33(36)35-32(34(37)38)21-26-17-19-30(20-18-26)39-23-27-9-5-4-6-10-27/h4-7,9-20,22,32H,2-3,8,21,23-24H2,1H3,(H,35,36)(H,37,38). The highest BCUT2D eigenvalue weighted by molar-refractivity contribution is 5.97. The Morgan fingerprint density at radius 1 is 0.725 bits per heavy atom. The first-order valence-electron chi connectivity index (χ1n) is 13.6. The van der Waals surface area contributed by atoms with E-state index in [0.29, 0.717) is 30.3 Å². The molecule has 6 nitrogen and oxygen atoms in total. The van der Waals surface area contributed by atoms with Gasteiger partial charge in [0.25, 0.3) is 5.91 Å². The Bertz CT molecular complexity index is 1370. The third-order valence-corrected chi connectivity index (χ3v) is 6.56. The van der Waals surface area contributed by atoms with Gasteiger partial charge >= 0.3 is 5.97 Å². The average Bonchev–Trinajstić information content (AvgIpc) is 2.99. The summed E-state index contributed by atoms with van der Waals surface area (Å²) in [5, 5.41) is 12.4. The Morgan fingerprint density at radius 2 is 1.35 bits per heavy atom. The van der Waals surface area contributed by atoms with Gasteiger partial charge in [0.1, 0.15) is 30.8 Å². The molecule has 4 rings (SSSR count). The number of rotatable bonds is 14. The first-order valence-corrected chi connectivity index (χ1v) is 13.6. The molecular weight excluding hydrogens is 502 g/mol. The van der Waals surface area contributed by atoms with Gasteiger partial charge in [0.15, 0.2) is 0 Å². The molecule has 0 saturated heterocycles. The van der Waals surface area contributed by atoms with Gasteiger partial charge in [0.05, 0.1) is 0 Å². The Hall–Kier alpha value is -4.58. The molecule has 206 valence electrons. The van der Waals surface area contributed by atoms with Crippen LogP contribution in [0.4, 0.5) is 0 Å². The van der Waals surface area contributed by atoms with Crippen molar-refractivity contribution in [2.75, 3.05) is 0 Å². The lowest BCUT2D eigenvalue weighted by atomic mass is 10.1. The summed E-state index contributed by atoms with van der Waals surface area (Å²) in [6.45, 7) is 3.00. The first kappa shape index (κ1) is 28.4. The van der Waals surface area contributed by atoms with Crippen molar-refractivity contribution in [2.45, 2.75) is 51.9 Å². The van der Waals surface area contributed by atoms with Gasteiger partial charge in [-0.15, -0.1) is 0 Å². The summed E-state index contributed by atoms with van der Waals surface area (Å²) in [7, 11) is 0. The number of carbonyl (C=O) groups excluding carboxylic acids is 1. The van der Waals surface area contributed by atoms with E-state index in [0.717, 1.165) is 23.1 Å². The molecule has 4 aromatic rings. The molecule has 0 bridgehead atoms. The van der Waals surface area contributed by atoms with E-state index in [-0.39, 0.29) is 6.42 Å². The number of carboxylic acids is 1. The normalized spacial score (nSPS) is 11.4. The quantitative estimate of drug-likeness (QED) is 0.189. The summed E-state index contributed by atoms with van der Waals surface area (Å²) >= 11 is 0. The van der Waals surface area contributed by atoms with Gasteiger partial charge in [0, 0.05) is 12.0 Å². The van der Waals surface area contributed by atoms with Crippen molar-refractivity contribution in [2.24, 2.45) is 0 Å². The molecule has 1 amide bonds. The number of carboxylic acid groups (broad SMARTS) is 1. The van der Waals surface area contributed by atoms with Crippen molar-refractivity contribution in [1.29, 1.82) is 0 Å². The summed E-state index contributed by atoms with van der Waals surface area (Å²) in [6, 6.07) is 31.1. The van der Waals surface area contributed by atoms with E-state index in [9.17, 15) is 14.7 Å². The number of nitrogens with one attached hydrogen (secondary N) is 1. The van der Waals surface area contributed by atoms with Crippen molar-refractivity contribution in [3.05, 3.63) is 131 Å². The molecular formula is C34H35NO5. The molecule has 0 heterocycles. The van der Waals surface area contributed by atoms with E-state index < -0.39 is 17.9 Å². The number of hydrogen-bond donors (Lipinski definition) is 2. The summed E-state index contributed by atoms with van der Waals surface area (Å²) in [4.78, 5) is 24.9. The molecule has 4 aromatic carbocycles. The SMILES string of the molecule is CCCCc1ccc(COc2cccc(C(=O)NC(Cc3ccc(OCc4ccccc4)cc3)C(=O)O)c2)cc1. The second-order valence-corrected chi connectivity index (χ2v) is 9.72. The lowest BCUT2D eigenvalue weighted by Gasteiger charge is -2.16. The van der Waals surface area contributed by atoms with Crippen LogP contribution in [-0.4, -0.2) is 23.0 Å². The molecule has 40 heavy (non-hydrogen) atoms. The number of aliphatic carboxylic acids is 1. The minimum absolute atomic E-state index is 0.143. The summed E-state index contributed by atoms with van der Waals surface area (Å²) in [5.74, 6) is -0.345. The molecule has 1 unspecified atom stereocenters. The molecule has 6 heteroatoms. The van der Waals surface area contributed by atoms with Gasteiger partial charge in [-0.2, -0.15) is 0 Å². The van der Waals surface area contributed by atoms with Gasteiger partial charge < -0.3 is 19.9 Å². The van der Waals surface area contributed by atoms with E-state index in [1.165, 1.54) is 18.4 Å². The first-order chi connectivity index (χ1) is 19.5. The van der Waals surface area contributed by atoms with E-state index in [1.54, 1.807) is 36.4 Å². The minimum atomic E-state index is -1.10. The lowest BCUT2D eigenvalue weighted by molar-refractivity contribution is -0.139. The highest BCUT2D eigenvalue weighted by Gasteiger charge is 2.21. The van der Waals surface area contributed by atoms with Gasteiger partial charge in [-0.3, -0.25) is 4.79 Å². The molecule has 0 saturated carbocycles. The summed E-state index contributed by atoms with van der Waals surface area (Å²) < 4.78 is 11.7. The zero-order valence-electron chi connectivity index (χ0n) is 22.7. The Morgan fingerprint density at radius 3 is 2.02 bits per heavy atom. The predicted octanol–water partition coefficient (Wildman–Crippen LogP) is 6.61. The van der Waals surface area contributed by atoms with Crippen molar-refractivity contribution in [3.63, 3.8) is 0 Å². The van der Waals surface area contributed by atoms with Gasteiger partial charge in [-0.1, -0.05) is 86.1 Å². The number of ether oxygens (including phenoxy) is 2. The molecule has 0 aliphatic carbocycles. The van der Waals surface area contributed by atoms with Crippen LogP contribution in [0.5, 0.6) is 11.5 Å². The average molecular weight is 538 g/mol. The zero-order chi connectivity index (χ0) is 28.2. The van der Waals surface area contributed by atoms with Crippen molar-refractivity contribution < 1.29 is 24.2 Å². The molecule has 0 aliphatic heterocycles. The fourth-order valence-electron chi connectivity index (χ4n) is 4.22. The van der Waals surface area contributed by atoms with E-state index in [4.69, 9.17) is 9.47 Å². The van der Waals surface area contributed by atoms with Crippen molar-refractivity contribution >= 4 is 11.9 Å². The van der Waals surface area contributed by atoms with Crippen LogP contribution in [0.25, 0.3) is 0 Å². The molecule has 0 aliphatic rings. The van der Waals surface area contributed by atoms with E-state index >= 15 is 0 Å². The fraction of sp³-hybridized carbons (Fsp3) is 0.235. The maximum atomic E-state index is 12.9. The third kappa shape index (κ3) is 8.73. The topological polar surface area (TPSA) is 84.9 Å². The number of amides is 1. The zero-order valence-corrected chi connectivity index (χ0v) is 22.7. The number of unbranched alkanes of at least 4 members (excludes halogenated alkanes) is 1. The maximum absolute atomic E-state index is 12.9. The molecule has 0 aromatic heterocycles. The van der Waals surface area contributed by atoms with Gasteiger partial charge in [-0.25, -0.2) is 4.79 Å². The minimum Gasteiger partial charge on any atom is -0.489 e. The predicted molar refractivity (Wildman–Crippen MR) is 156 cm³/mol. The Balaban J connectivity index is 1.30. The van der Waals surface area contributed by atoms with Crippen LogP contribution >= 0.6 is 0 Å². The number of benzene rings is 4. The largest absolute Gasteiger partial charge is 0.489 e. The van der Waals surface area contributed by atoms with Crippen LogP contribution in [-0.2, 0) is 30.8 Å². The van der Waals surface area contributed by atoms with Crippen molar-refractivity contribution in [3.8, 4) is 11.5 Å². The van der Waals surface area contributed by atoms with Gasteiger partial charge in [0.2, 0.25) is 0 Å². The van der Waals surface area contributed by atoms with Gasteiger partial charge in [-0.05, 0) is 65.4 Å². The molecule has 0 fully saturated rings. The number of hydrogen-bond acceptors (Lipinski definition) is 4. The molecule has 0 radical (unpaired) electrons. The fourth-order valence-corrected chi connectivity index (χ4v) is 4.22. The smallest absolute Gasteiger partial charge is 0.326 e. The Labute approximate surface area is 235 Å². The van der Waals surface area contributed by atoms with Crippen LogP contribution in [0.1, 0.15) is 52.4 Å². The van der Waals surface area contributed by atoms with E-state index in [2.05, 4.69) is 36.5 Å².